The zero-order chi connectivity index (χ0) is 11.5. The maximum Gasteiger partial charge on any atom is 0.0848 e. The number of hydrogen-bond acceptors (Lipinski definition) is 4. The van der Waals surface area contributed by atoms with Gasteiger partial charge in [0.1, 0.15) is 0 Å². The Hall–Kier alpha value is 0.0600. The minimum Gasteiger partial charge on any atom is -0.374 e. The lowest BCUT2D eigenvalue weighted by atomic mass is 9.97. The molecule has 0 aliphatic carbocycles. The Morgan fingerprint density at radius 1 is 1.67 bits per heavy atom. The van der Waals surface area contributed by atoms with Crippen molar-refractivity contribution >= 4 is 27.3 Å². The molecule has 3 N–H and O–H groups in total. The van der Waals surface area contributed by atoms with Crippen molar-refractivity contribution in [2.75, 3.05) is 6.61 Å². The summed E-state index contributed by atoms with van der Waals surface area (Å²) in [5, 5.41) is 2.03. The summed E-state index contributed by atoms with van der Waals surface area (Å²) >= 11 is 5.18. The van der Waals surface area contributed by atoms with Crippen molar-refractivity contribution in [3.63, 3.8) is 0 Å². The summed E-state index contributed by atoms with van der Waals surface area (Å²) < 4.78 is 6.78. The minimum absolute atomic E-state index is 0.00757. The molecule has 1 atom stereocenters. The van der Waals surface area contributed by atoms with Gasteiger partial charge in [-0.15, -0.1) is 11.3 Å². The van der Waals surface area contributed by atoms with Gasteiger partial charge >= 0.3 is 0 Å². The van der Waals surface area contributed by atoms with Crippen LogP contribution in [0.2, 0.25) is 0 Å². The lowest BCUT2D eigenvalue weighted by molar-refractivity contribution is -0.0385. The summed E-state index contributed by atoms with van der Waals surface area (Å²) in [5.41, 5.74) is 2.50. The van der Waals surface area contributed by atoms with Crippen molar-refractivity contribution in [2.45, 2.75) is 32.4 Å². The number of nitrogens with one attached hydrogen (secondary N) is 1. The van der Waals surface area contributed by atoms with Gasteiger partial charge in [-0.3, -0.25) is 5.84 Å². The van der Waals surface area contributed by atoms with Crippen LogP contribution < -0.4 is 11.3 Å². The number of nitrogens with two attached hydrogens (primary N) is 1. The van der Waals surface area contributed by atoms with E-state index >= 15 is 0 Å². The molecule has 1 rings (SSSR count). The second-order valence-corrected chi connectivity index (χ2v) is 5.57. The van der Waals surface area contributed by atoms with Crippen molar-refractivity contribution in [2.24, 2.45) is 5.84 Å². The maximum absolute atomic E-state index is 5.70. The smallest absolute Gasteiger partial charge is 0.0848 e. The van der Waals surface area contributed by atoms with Crippen LogP contribution in [0, 0.1) is 0 Å². The summed E-state index contributed by atoms with van der Waals surface area (Å²) in [6.45, 7) is 6.73. The number of rotatable bonds is 5. The first-order valence-corrected chi connectivity index (χ1v) is 6.53. The molecule has 5 heteroatoms. The molecule has 1 aromatic rings. The topological polar surface area (TPSA) is 47.3 Å². The molecule has 0 aromatic carbocycles. The predicted octanol–water partition coefficient (Wildman–Crippen LogP) is 2.83. The Balaban J connectivity index is 2.93. The van der Waals surface area contributed by atoms with Crippen LogP contribution in [0.5, 0.6) is 0 Å². The highest BCUT2D eigenvalue weighted by Crippen LogP contribution is 2.36. The number of thiophene rings is 1. The fourth-order valence-corrected chi connectivity index (χ4v) is 3.39. The van der Waals surface area contributed by atoms with Crippen LogP contribution in [0.15, 0.2) is 15.9 Å². The second-order valence-electron chi connectivity index (χ2n) is 3.77. The Bertz CT molecular complexity index is 314. The van der Waals surface area contributed by atoms with Crippen molar-refractivity contribution in [1.29, 1.82) is 0 Å². The highest BCUT2D eigenvalue weighted by Gasteiger charge is 2.32. The van der Waals surface area contributed by atoms with Crippen LogP contribution in [-0.2, 0) is 4.74 Å². The van der Waals surface area contributed by atoms with Gasteiger partial charge in [-0.05, 0) is 48.1 Å². The molecule has 1 heterocycles. The maximum atomic E-state index is 5.70. The van der Waals surface area contributed by atoms with E-state index in [0.29, 0.717) is 6.61 Å². The van der Waals surface area contributed by atoms with Crippen LogP contribution in [-0.4, -0.2) is 12.2 Å². The van der Waals surface area contributed by atoms with E-state index in [9.17, 15) is 0 Å². The summed E-state index contributed by atoms with van der Waals surface area (Å²) in [6, 6.07) is 2.01. The molecule has 0 saturated heterocycles. The number of halogens is 1. The third kappa shape index (κ3) is 3.01. The first-order valence-electron chi connectivity index (χ1n) is 4.86. The SMILES string of the molecule is CCOC(C)(C)C(NN)c1sccc1Br. The Morgan fingerprint density at radius 3 is 2.73 bits per heavy atom. The van der Waals surface area contributed by atoms with E-state index in [0.717, 1.165) is 9.35 Å². The molecule has 0 saturated carbocycles. The van der Waals surface area contributed by atoms with Gasteiger partial charge in [-0.2, -0.15) is 0 Å². The van der Waals surface area contributed by atoms with E-state index in [2.05, 4.69) is 21.4 Å². The Kier molecular flexibility index (Phi) is 4.73. The van der Waals surface area contributed by atoms with Gasteiger partial charge < -0.3 is 4.74 Å². The minimum atomic E-state index is -0.323. The van der Waals surface area contributed by atoms with E-state index in [1.54, 1.807) is 11.3 Å². The van der Waals surface area contributed by atoms with Crippen molar-refractivity contribution in [3.05, 3.63) is 20.8 Å². The molecule has 1 unspecified atom stereocenters. The molecule has 1 aromatic heterocycles. The van der Waals surface area contributed by atoms with E-state index in [4.69, 9.17) is 10.6 Å². The van der Waals surface area contributed by atoms with Crippen LogP contribution in [0.25, 0.3) is 0 Å². The Labute approximate surface area is 103 Å². The van der Waals surface area contributed by atoms with Crippen LogP contribution in [0.1, 0.15) is 31.7 Å². The summed E-state index contributed by atoms with van der Waals surface area (Å²) in [5.74, 6) is 5.61. The Morgan fingerprint density at radius 2 is 2.33 bits per heavy atom. The monoisotopic (exact) mass is 292 g/mol. The third-order valence-corrected chi connectivity index (χ3v) is 4.22. The molecular formula is C10H17BrN2OS. The number of hydrazine groups is 1. The lowest BCUT2D eigenvalue weighted by Crippen LogP contribution is -2.44. The van der Waals surface area contributed by atoms with Gasteiger partial charge in [-0.25, -0.2) is 5.43 Å². The van der Waals surface area contributed by atoms with Gasteiger partial charge in [-0.1, -0.05) is 0 Å². The first-order chi connectivity index (χ1) is 7.03. The van der Waals surface area contributed by atoms with Gasteiger partial charge in [0.05, 0.1) is 11.6 Å². The van der Waals surface area contributed by atoms with Gasteiger partial charge in [0, 0.05) is 16.0 Å². The molecule has 0 fully saturated rings. The highest BCUT2D eigenvalue weighted by molar-refractivity contribution is 9.10. The molecule has 0 radical (unpaired) electrons. The lowest BCUT2D eigenvalue weighted by Gasteiger charge is -2.33. The standard InChI is InChI=1S/C10H17BrN2OS/c1-4-14-10(2,3)9(13-12)8-7(11)5-6-15-8/h5-6,9,13H,4,12H2,1-3H3. The predicted molar refractivity (Wildman–Crippen MR) is 67.8 cm³/mol. The normalized spacial score (nSPS) is 14.2. The third-order valence-electron chi connectivity index (χ3n) is 2.29. The van der Waals surface area contributed by atoms with Crippen molar-refractivity contribution in [1.82, 2.24) is 5.43 Å². The number of hydrogen-bond donors (Lipinski definition) is 2. The first kappa shape index (κ1) is 13.1. The van der Waals surface area contributed by atoms with E-state index < -0.39 is 0 Å². The molecule has 0 spiro atoms. The number of ether oxygens (including phenoxy) is 1. The van der Waals surface area contributed by atoms with E-state index in [1.807, 2.05) is 32.2 Å². The van der Waals surface area contributed by atoms with E-state index in [-0.39, 0.29) is 11.6 Å². The van der Waals surface area contributed by atoms with Gasteiger partial charge in [0.25, 0.3) is 0 Å². The average molecular weight is 293 g/mol. The van der Waals surface area contributed by atoms with Crippen LogP contribution >= 0.6 is 27.3 Å². The summed E-state index contributed by atoms with van der Waals surface area (Å²) in [4.78, 5) is 1.16. The second kappa shape index (κ2) is 5.41. The molecule has 3 nitrogen and oxygen atoms in total. The molecular weight excluding hydrogens is 276 g/mol. The average Bonchev–Trinajstić information content (AvgIpc) is 2.53. The molecule has 0 bridgehead atoms. The van der Waals surface area contributed by atoms with Gasteiger partial charge in [0.2, 0.25) is 0 Å². The highest BCUT2D eigenvalue weighted by atomic mass is 79.9. The largest absolute Gasteiger partial charge is 0.374 e. The van der Waals surface area contributed by atoms with E-state index in [1.165, 1.54) is 0 Å². The summed E-state index contributed by atoms with van der Waals surface area (Å²) in [7, 11) is 0. The van der Waals surface area contributed by atoms with Crippen molar-refractivity contribution in [3.8, 4) is 0 Å². The molecule has 86 valence electrons. The van der Waals surface area contributed by atoms with Crippen LogP contribution in [0.3, 0.4) is 0 Å². The fourth-order valence-electron chi connectivity index (χ4n) is 1.56. The summed E-state index contributed by atoms with van der Waals surface area (Å²) in [6.07, 6.45) is 0. The van der Waals surface area contributed by atoms with Gasteiger partial charge in [0.15, 0.2) is 0 Å². The molecule has 0 aliphatic rings. The molecule has 15 heavy (non-hydrogen) atoms. The molecule has 0 aliphatic heterocycles. The van der Waals surface area contributed by atoms with Crippen molar-refractivity contribution < 1.29 is 4.74 Å². The zero-order valence-corrected chi connectivity index (χ0v) is 11.6. The molecule has 0 amide bonds. The van der Waals surface area contributed by atoms with Crippen LogP contribution in [0.4, 0.5) is 0 Å². The quantitative estimate of drug-likeness (QED) is 0.648. The zero-order valence-electron chi connectivity index (χ0n) is 9.21. The fraction of sp³-hybridized carbons (Fsp3) is 0.600.